The molecule has 2 aromatic carbocycles. The fourth-order valence-corrected chi connectivity index (χ4v) is 4.34. The average Bonchev–Trinajstić information content (AvgIpc) is 2.77. The van der Waals surface area contributed by atoms with Crippen LogP contribution in [0.15, 0.2) is 48.5 Å². The van der Waals surface area contributed by atoms with Crippen molar-refractivity contribution in [3.63, 3.8) is 0 Å². The van der Waals surface area contributed by atoms with Gasteiger partial charge >= 0.3 is 0 Å². The smallest absolute Gasteiger partial charge is 0.244 e. The van der Waals surface area contributed by atoms with Gasteiger partial charge in [-0.15, -0.1) is 0 Å². The Kier molecular flexibility index (Phi) is 9.61. The van der Waals surface area contributed by atoms with Gasteiger partial charge in [-0.05, 0) is 50.5 Å². The summed E-state index contributed by atoms with van der Waals surface area (Å²) in [5.74, 6) is -1.47. The lowest BCUT2D eigenvalue weighted by molar-refractivity contribution is -0.140. The molecule has 2 amide bonds. The molecule has 2 aromatic rings. The minimum atomic E-state index is -3.90. The van der Waals surface area contributed by atoms with Crippen molar-refractivity contribution in [1.29, 1.82) is 0 Å². The first-order valence-corrected chi connectivity index (χ1v) is 13.2. The van der Waals surface area contributed by atoms with Crippen molar-refractivity contribution >= 4 is 27.5 Å². The molecule has 0 unspecified atom stereocenters. The molecular formula is C25H34FN3O4S. The second kappa shape index (κ2) is 12.0. The maximum absolute atomic E-state index is 13.8. The van der Waals surface area contributed by atoms with Crippen LogP contribution in [-0.2, 0) is 26.2 Å². The van der Waals surface area contributed by atoms with E-state index in [1.807, 2.05) is 45.0 Å². The third kappa shape index (κ3) is 7.55. The molecule has 0 radical (unpaired) electrons. The number of sulfonamides is 1. The van der Waals surface area contributed by atoms with Crippen LogP contribution in [0.3, 0.4) is 0 Å². The van der Waals surface area contributed by atoms with Crippen molar-refractivity contribution in [2.75, 3.05) is 17.1 Å². The summed E-state index contributed by atoms with van der Waals surface area (Å²) in [6.07, 6.45) is 2.04. The van der Waals surface area contributed by atoms with E-state index < -0.39 is 34.3 Å². The highest BCUT2D eigenvalue weighted by molar-refractivity contribution is 7.92. The summed E-state index contributed by atoms with van der Waals surface area (Å²) in [7, 11) is -3.90. The molecule has 2 rings (SSSR count). The zero-order valence-electron chi connectivity index (χ0n) is 20.4. The van der Waals surface area contributed by atoms with Crippen LogP contribution in [0.5, 0.6) is 0 Å². The van der Waals surface area contributed by atoms with Crippen LogP contribution in [0.1, 0.15) is 44.7 Å². The van der Waals surface area contributed by atoms with E-state index >= 15 is 0 Å². The molecule has 9 heteroatoms. The number of amides is 2. The predicted octanol–water partition coefficient (Wildman–Crippen LogP) is 3.62. The van der Waals surface area contributed by atoms with Gasteiger partial charge in [-0.25, -0.2) is 12.8 Å². The second-order valence-corrected chi connectivity index (χ2v) is 10.4. The van der Waals surface area contributed by atoms with E-state index in [4.69, 9.17) is 0 Å². The van der Waals surface area contributed by atoms with Gasteiger partial charge in [-0.3, -0.25) is 13.9 Å². The number of nitrogens with zero attached hydrogens (tertiary/aromatic N) is 2. The van der Waals surface area contributed by atoms with Crippen molar-refractivity contribution in [3.05, 3.63) is 65.5 Å². The Balaban J connectivity index is 2.43. The Hall–Kier alpha value is -2.94. The number of carbonyl (C=O) groups excluding carboxylic acids is 2. The summed E-state index contributed by atoms with van der Waals surface area (Å²) in [4.78, 5) is 28.0. The molecule has 0 saturated heterocycles. The van der Waals surface area contributed by atoms with Gasteiger partial charge < -0.3 is 10.2 Å². The minimum absolute atomic E-state index is 0.0447. The van der Waals surface area contributed by atoms with Gasteiger partial charge in [0.05, 0.1) is 11.9 Å². The Bertz CT molecular complexity index is 1090. The molecule has 0 spiro atoms. The number of hydrogen-bond acceptors (Lipinski definition) is 4. The zero-order chi connectivity index (χ0) is 25.5. The topological polar surface area (TPSA) is 86.8 Å². The van der Waals surface area contributed by atoms with Crippen molar-refractivity contribution < 1.29 is 22.4 Å². The highest BCUT2D eigenvalue weighted by atomic mass is 32.2. The average molecular weight is 492 g/mol. The Morgan fingerprint density at radius 2 is 1.71 bits per heavy atom. The largest absolute Gasteiger partial charge is 0.352 e. The van der Waals surface area contributed by atoms with Gasteiger partial charge in [-0.2, -0.15) is 0 Å². The number of halogens is 1. The molecule has 0 saturated carbocycles. The van der Waals surface area contributed by atoms with Gasteiger partial charge in [0, 0.05) is 12.6 Å². The summed E-state index contributed by atoms with van der Waals surface area (Å²) in [6, 6.07) is 11.8. The standard InChI is InChI=1S/C25H34FN3O4S/c1-6-19(4)27-25(31)23(7-2)28(16-20-13-11-18(3)12-14-20)24(30)17-29(34(5,32)33)22-10-8-9-21(26)15-22/h8-15,19,23H,6-7,16-17H2,1-5H3,(H,27,31)/t19-,23+/m0/s1. The molecule has 34 heavy (non-hydrogen) atoms. The van der Waals surface area contributed by atoms with E-state index in [2.05, 4.69) is 5.32 Å². The lowest BCUT2D eigenvalue weighted by Gasteiger charge is -2.33. The number of nitrogens with one attached hydrogen (secondary N) is 1. The van der Waals surface area contributed by atoms with Crippen molar-refractivity contribution in [2.45, 2.75) is 59.2 Å². The number of hydrogen-bond donors (Lipinski definition) is 1. The highest BCUT2D eigenvalue weighted by Crippen LogP contribution is 2.20. The van der Waals surface area contributed by atoms with Crippen LogP contribution in [0.25, 0.3) is 0 Å². The SMILES string of the molecule is CC[C@H](C(=O)N[C@@H](C)CC)N(Cc1ccc(C)cc1)C(=O)CN(c1cccc(F)c1)S(C)(=O)=O. The molecule has 1 N–H and O–H groups in total. The van der Waals surface area contributed by atoms with Crippen LogP contribution in [0.4, 0.5) is 10.1 Å². The van der Waals surface area contributed by atoms with E-state index in [0.29, 0.717) is 6.42 Å². The monoisotopic (exact) mass is 491 g/mol. The minimum Gasteiger partial charge on any atom is -0.352 e. The van der Waals surface area contributed by atoms with Gasteiger partial charge in [0.15, 0.2) is 0 Å². The molecular weight excluding hydrogens is 457 g/mol. The maximum Gasteiger partial charge on any atom is 0.244 e. The molecule has 186 valence electrons. The first kappa shape index (κ1) is 27.3. The number of rotatable bonds is 11. The summed E-state index contributed by atoms with van der Waals surface area (Å²) >= 11 is 0. The number of anilines is 1. The normalized spacial score (nSPS) is 13.1. The molecule has 0 aliphatic carbocycles. The van der Waals surface area contributed by atoms with Crippen LogP contribution in [0, 0.1) is 12.7 Å². The van der Waals surface area contributed by atoms with Gasteiger partial charge in [0.2, 0.25) is 21.8 Å². The Morgan fingerprint density at radius 1 is 1.06 bits per heavy atom. The fraction of sp³-hybridized carbons (Fsp3) is 0.440. The lowest BCUT2D eigenvalue weighted by Crippen LogP contribution is -2.53. The highest BCUT2D eigenvalue weighted by Gasteiger charge is 2.32. The predicted molar refractivity (Wildman–Crippen MR) is 132 cm³/mol. The summed E-state index contributed by atoms with van der Waals surface area (Å²) in [5, 5.41) is 2.92. The third-order valence-corrected chi connectivity index (χ3v) is 6.78. The molecule has 0 aromatic heterocycles. The second-order valence-electron chi connectivity index (χ2n) is 8.50. The molecule has 0 aliphatic rings. The van der Waals surface area contributed by atoms with E-state index in [1.165, 1.54) is 23.1 Å². The molecule has 0 heterocycles. The van der Waals surface area contributed by atoms with Crippen molar-refractivity contribution in [1.82, 2.24) is 10.2 Å². The van der Waals surface area contributed by atoms with Crippen LogP contribution in [-0.4, -0.2) is 50.0 Å². The first-order valence-electron chi connectivity index (χ1n) is 11.3. The molecule has 7 nitrogen and oxygen atoms in total. The van der Waals surface area contributed by atoms with Crippen LogP contribution < -0.4 is 9.62 Å². The summed E-state index contributed by atoms with van der Waals surface area (Å²) < 4.78 is 39.7. The van der Waals surface area contributed by atoms with Gasteiger partial charge in [-0.1, -0.05) is 49.7 Å². The Morgan fingerprint density at radius 3 is 2.24 bits per heavy atom. The van der Waals surface area contributed by atoms with E-state index in [1.54, 1.807) is 6.92 Å². The quantitative estimate of drug-likeness (QED) is 0.520. The van der Waals surface area contributed by atoms with Gasteiger partial charge in [0.25, 0.3) is 0 Å². The van der Waals surface area contributed by atoms with E-state index in [0.717, 1.165) is 34.2 Å². The first-order chi connectivity index (χ1) is 16.0. The number of aryl methyl sites for hydroxylation is 1. The Labute approximate surface area is 202 Å². The van der Waals surface area contributed by atoms with Crippen LogP contribution in [0.2, 0.25) is 0 Å². The molecule has 0 bridgehead atoms. The summed E-state index contributed by atoms with van der Waals surface area (Å²) in [5.41, 5.74) is 1.91. The lowest BCUT2D eigenvalue weighted by atomic mass is 10.1. The maximum atomic E-state index is 13.8. The van der Waals surface area contributed by atoms with E-state index in [9.17, 15) is 22.4 Å². The number of benzene rings is 2. The van der Waals surface area contributed by atoms with Crippen molar-refractivity contribution in [2.24, 2.45) is 0 Å². The van der Waals surface area contributed by atoms with Crippen molar-refractivity contribution in [3.8, 4) is 0 Å². The van der Waals surface area contributed by atoms with E-state index in [-0.39, 0.29) is 24.2 Å². The third-order valence-electron chi connectivity index (χ3n) is 5.64. The van der Waals surface area contributed by atoms with Gasteiger partial charge in [0.1, 0.15) is 18.4 Å². The molecule has 2 atom stereocenters. The molecule has 0 fully saturated rings. The number of carbonyl (C=O) groups is 2. The summed E-state index contributed by atoms with van der Waals surface area (Å²) in [6.45, 7) is 7.16. The van der Waals surface area contributed by atoms with Crippen LogP contribution >= 0.6 is 0 Å². The molecule has 0 aliphatic heterocycles. The fourth-order valence-electron chi connectivity index (χ4n) is 3.50. The zero-order valence-corrected chi connectivity index (χ0v) is 21.2.